The smallest absolute Gasteiger partial charge is 0.410 e. The molecule has 1 fully saturated rings. The maximum atomic E-state index is 12.9. The molecule has 4 rings (SSSR count). The van der Waals surface area contributed by atoms with Gasteiger partial charge in [-0.3, -0.25) is 24.6 Å². The van der Waals surface area contributed by atoms with Crippen molar-refractivity contribution in [2.24, 2.45) is 0 Å². The van der Waals surface area contributed by atoms with Gasteiger partial charge in [-0.15, -0.1) is 0 Å². The van der Waals surface area contributed by atoms with Gasteiger partial charge in [0.05, 0.1) is 0 Å². The minimum absolute atomic E-state index is 0.206. The van der Waals surface area contributed by atoms with Crippen molar-refractivity contribution in [2.75, 3.05) is 0 Å². The number of nitrogens with zero attached hydrogens (tertiary/aromatic N) is 2. The lowest BCUT2D eigenvalue weighted by Crippen LogP contribution is -2.52. The van der Waals surface area contributed by atoms with E-state index in [1.807, 2.05) is 32.9 Å². The summed E-state index contributed by atoms with van der Waals surface area (Å²) in [5.41, 5.74) is 2.76. The highest BCUT2D eigenvalue weighted by atomic mass is 16.6. The van der Waals surface area contributed by atoms with E-state index in [4.69, 9.17) is 4.74 Å². The van der Waals surface area contributed by atoms with Crippen LogP contribution in [0.25, 0.3) is 0 Å². The molecule has 8 nitrogen and oxygen atoms in total. The zero-order valence-electron chi connectivity index (χ0n) is 16.2. The number of hydrogen-bond acceptors (Lipinski definition) is 5. The Hall–Kier alpha value is -2.90. The quantitative estimate of drug-likeness (QED) is 0.743. The van der Waals surface area contributed by atoms with Crippen LogP contribution in [0.2, 0.25) is 0 Å². The van der Waals surface area contributed by atoms with E-state index in [0.29, 0.717) is 31.6 Å². The molecular formula is C20H23N3O5. The van der Waals surface area contributed by atoms with Crippen molar-refractivity contribution < 1.29 is 23.9 Å². The van der Waals surface area contributed by atoms with Crippen molar-refractivity contribution in [3.8, 4) is 0 Å². The van der Waals surface area contributed by atoms with Crippen molar-refractivity contribution in [2.45, 2.75) is 64.9 Å². The normalized spacial score (nSPS) is 21.5. The molecule has 28 heavy (non-hydrogen) atoms. The minimum atomic E-state index is -0.620. The molecule has 0 aromatic heterocycles. The first-order valence-electron chi connectivity index (χ1n) is 9.39. The van der Waals surface area contributed by atoms with Crippen LogP contribution in [0, 0.1) is 0 Å². The number of rotatable bonds is 1. The molecule has 0 spiro atoms. The molecule has 148 valence electrons. The molecule has 8 heteroatoms. The summed E-state index contributed by atoms with van der Waals surface area (Å²) in [5, 5.41) is 2.31. The third kappa shape index (κ3) is 3.23. The third-order valence-electron chi connectivity index (χ3n) is 5.22. The first-order chi connectivity index (χ1) is 13.1. The Morgan fingerprint density at radius 1 is 1.07 bits per heavy atom. The number of carbonyl (C=O) groups is 4. The lowest BCUT2D eigenvalue weighted by atomic mass is 10.0. The summed E-state index contributed by atoms with van der Waals surface area (Å²) >= 11 is 0. The number of fused-ring (bicyclic) bond motifs is 2. The fourth-order valence-corrected chi connectivity index (χ4v) is 3.93. The van der Waals surface area contributed by atoms with Crippen LogP contribution in [-0.4, -0.2) is 45.3 Å². The molecule has 0 bridgehead atoms. The monoisotopic (exact) mass is 385 g/mol. The van der Waals surface area contributed by atoms with E-state index >= 15 is 0 Å². The maximum Gasteiger partial charge on any atom is 0.410 e. The topological polar surface area (TPSA) is 96.0 Å². The van der Waals surface area contributed by atoms with Crippen molar-refractivity contribution in [1.82, 2.24) is 15.1 Å². The van der Waals surface area contributed by atoms with Gasteiger partial charge in [-0.1, -0.05) is 6.07 Å². The van der Waals surface area contributed by atoms with Crippen molar-refractivity contribution in [1.29, 1.82) is 0 Å². The Balaban J connectivity index is 1.51. The highest BCUT2D eigenvalue weighted by molar-refractivity contribution is 6.05. The Morgan fingerprint density at radius 3 is 2.39 bits per heavy atom. The molecule has 4 amide bonds. The summed E-state index contributed by atoms with van der Waals surface area (Å²) in [7, 11) is 0. The summed E-state index contributed by atoms with van der Waals surface area (Å²) in [5.74, 6) is -0.921. The summed E-state index contributed by atoms with van der Waals surface area (Å²) in [6.45, 7) is 6.63. The Kier molecular flexibility index (Phi) is 4.17. The second kappa shape index (κ2) is 6.32. The van der Waals surface area contributed by atoms with Crippen LogP contribution in [0.4, 0.5) is 4.79 Å². The van der Waals surface area contributed by atoms with Gasteiger partial charge in [0.2, 0.25) is 11.8 Å². The van der Waals surface area contributed by atoms with Crippen molar-refractivity contribution >= 4 is 23.8 Å². The highest BCUT2D eigenvalue weighted by Crippen LogP contribution is 2.33. The van der Waals surface area contributed by atoms with Crippen LogP contribution < -0.4 is 5.32 Å². The Morgan fingerprint density at radius 2 is 1.75 bits per heavy atom. The molecule has 1 N–H and O–H groups in total. The molecule has 0 aliphatic carbocycles. The number of imide groups is 1. The van der Waals surface area contributed by atoms with Gasteiger partial charge < -0.3 is 9.64 Å². The summed E-state index contributed by atoms with van der Waals surface area (Å²) in [4.78, 5) is 51.9. The standard InChI is InChI=1S/C20H23N3O5/c1-20(2,3)28-19(27)22-8-11-6-13-10-23(15-4-5-16(24)21-17(15)25)18(26)14(13)7-12(11)9-22/h6-7,15H,4-5,8-10H2,1-3H3,(H,21,24,25). The number of hydrogen-bond donors (Lipinski definition) is 1. The second-order valence-electron chi connectivity index (χ2n) is 8.51. The molecule has 3 aliphatic heterocycles. The van der Waals surface area contributed by atoms with E-state index in [9.17, 15) is 19.2 Å². The number of amides is 4. The van der Waals surface area contributed by atoms with E-state index in [-0.39, 0.29) is 24.3 Å². The van der Waals surface area contributed by atoms with Gasteiger partial charge in [-0.2, -0.15) is 0 Å². The zero-order valence-corrected chi connectivity index (χ0v) is 16.2. The molecule has 3 aliphatic rings. The average Bonchev–Trinajstić information content (AvgIpc) is 3.13. The largest absolute Gasteiger partial charge is 0.444 e. The van der Waals surface area contributed by atoms with Gasteiger partial charge >= 0.3 is 6.09 Å². The van der Waals surface area contributed by atoms with Gasteiger partial charge in [0.1, 0.15) is 11.6 Å². The fourth-order valence-electron chi connectivity index (χ4n) is 3.93. The van der Waals surface area contributed by atoms with Gasteiger partial charge in [0, 0.05) is 31.6 Å². The number of nitrogens with one attached hydrogen (secondary N) is 1. The van der Waals surface area contributed by atoms with Crippen LogP contribution in [0.1, 0.15) is 60.7 Å². The van der Waals surface area contributed by atoms with Crippen LogP contribution in [0.5, 0.6) is 0 Å². The number of benzene rings is 1. The van der Waals surface area contributed by atoms with E-state index in [1.165, 1.54) is 4.90 Å². The van der Waals surface area contributed by atoms with Crippen LogP contribution in [0.3, 0.4) is 0 Å². The SMILES string of the molecule is CC(C)(C)OC(=O)N1Cc2cc3c(cc2C1)C(=O)N(C1CCC(=O)NC1=O)C3. The number of piperidine rings is 1. The molecule has 3 heterocycles. The summed E-state index contributed by atoms with van der Waals surface area (Å²) in [6, 6.07) is 3.15. The summed E-state index contributed by atoms with van der Waals surface area (Å²) in [6.07, 6.45) is 0.203. The molecule has 1 aromatic carbocycles. The lowest BCUT2D eigenvalue weighted by molar-refractivity contribution is -0.136. The molecule has 1 unspecified atom stereocenters. The summed E-state index contributed by atoms with van der Waals surface area (Å²) < 4.78 is 5.43. The van der Waals surface area contributed by atoms with Gasteiger partial charge in [-0.25, -0.2) is 4.79 Å². The molecule has 1 saturated heterocycles. The first-order valence-corrected chi connectivity index (χ1v) is 9.39. The van der Waals surface area contributed by atoms with E-state index < -0.39 is 17.6 Å². The number of ether oxygens (including phenoxy) is 1. The first kappa shape index (κ1) is 18.5. The van der Waals surface area contributed by atoms with Gasteiger partial charge in [-0.05, 0) is 49.9 Å². The van der Waals surface area contributed by atoms with Crippen LogP contribution in [-0.2, 0) is 34.0 Å². The fraction of sp³-hybridized carbons (Fsp3) is 0.500. The van der Waals surface area contributed by atoms with Crippen molar-refractivity contribution in [3.63, 3.8) is 0 Å². The average molecular weight is 385 g/mol. The predicted octanol–water partition coefficient (Wildman–Crippen LogP) is 1.70. The number of carbonyl (C=O) groups excluding carboxylic acids is 4. The Labute approximate surface area is 162 Å². The molecular weight excluding hydrogens is 362 g/mol. The van der Waals surface area contributed by atoms with Gasteiger partial charge in [0.15, 0.2) is 0 Å². The van der Waals surface area contributed by atoms with E-state index in [2.05, 4.69) is 5.32 Å². The molecule has 0 radical (unpaired) electrons. The lowest BCUT2D eigenvalue weighted by Gasteiger charge is -2.29. The van der Waals surface area contributed by atoms with Crippen LogP contribution >= 0.6 is 0 Å². The van der Waals surface area contributed by atoms with E-state index in [0.717, 1.165) is 16.7 Å². The zero-order chi connectivity index (χ0) is 20.2. The van der Waals surface area contributed by atoms with Gasteiger partial charge in [0.25, 0.3) is 5.91 Å². The minimum Gasteiger partial charge on any atom is -0.444 e. The van der Waals surface area contributed by atoms with E-state index in [1.54, 1.807) is 4.90 Å². The molecule has 1 aromatic rings. The maximum absolute atomic E-state index is 12.9. The third-order valence-corrected chi connectivity index (χ3v) is 5.22. The van der Waals surface area contributed by atoms with Crippen molar-refractivity contribution in [3.05, 3.63) is 34.4 Å². The Bertz CT molecular complexity index is 902. The van der Waals surface area contributed by atoms with Crippen LogP contribution in [0.15, 0.2) is 12.1 Å². The molecule has 1 atom stereocenters. The second-order valence-corrected chi connectivity index (χ2v) is 8.51. The predicted molar refractivity (Wildman–Crippen MR) is 98.0 cm³/mol. The highest BCUT2D eigenvalue weighted by Gasteiger charge is 2.40. The molecule has 0 saturated carbocycles.